The average Bonchev–Trinajstić information content (AvgIpc) is 2.85. The Balaban J connectivity index is 1.90. The lowest BCUT2D eigenvalue weighted by Gasteiger charge is -2.33. The summed E-state index contributed by atoms with van der Waals surface area (Å²) in [6.07, 6.45) is 1.25. The Hall–Kier alpha value is -2.15. The third kappa shape index (κ3) is 2.44. The van der Waals surface area contributed by atoms with Crippen molar-refractivity contribution < 1.29 is 14.6 Å². The van der Waals surface area contributed by atoms with Crippen LogP contribution in [0.25, 0.3) is 5.65 Å². The summed E-state index contributed by atoms with van der Waals surface area (Å²) < 4.78 is 7.27. The first-order chi connectivity index (χ1) is 9.63. The highest BCUT2D eigenvalue weighted by Gasteiger charge is 2.24. The van der Waals surface area contributed by atoms with Crippen molar-refractivity contribution in [2.24, 2.45) is 0 Å². The van der Waals surface area contributed by atoms with Gasteiger partial charge in [-0.15, -0.1) is 0 Å². The second-order valence-electron chi connectivity index (χ2n) is 4.96. The zero-order valence-corrected chi connectivity index (χ0v) is 11.2. The van der Waals surface area contributed by atoms with Crippen LogP contribution in [0.15, 0.2) is 18.5 Å². The molecule has 7 heteroatoms. The summed E-state index contributed by atoms with van der Waals surface area (Å²) in [6.45, 7) is 3.79. The van der Waals surface area contributed by atoms with Crippen molar-refractivity contribution in [3.63, 3.8) is 0 Å². The highest BCUT2D eigenvalue weighted by molar-refractivity contribution is 5.67. The fourth-order valence-corrected chi connectivity index (χ4v) is 2.51. The number of pyridine rings is 1. The molecule has 106 valence electrons. The molecular weight excluding hydrogens is 260 g/mol. The molecular formula is C13H16N4O3. The molecule has 1 saturated heterocycles. The number of aromatic nitrogens is 3. The summed E-state index contributed by atoms with van der Waals surface area (Å²) in [5.74, 6) is 0.0863. The van der Waals surface area contributed by atoms with Crippen LogP contribution in [-0.4, -0.2) is 51.5 Å². The van der Waals surface area contributed by atoms with Gasteiger partial charge in [-0.25, -0.2) is 4.98 Å². The van der Waals surface area contributed by atoms with Gasteiger partial charge in [-0.3, -0.25) is 4.79 Å². The van der Waals surface area contributed by atoms with E-state index in [0.717, 1.165) is 17.0 Å². The van der Waals surface area contributed by atoms with Crippen molar-refractivity contribution in [2.75, 3.05) is 24.6 Å². The maximum Gasteiger partial charge on any atom is 0.306 e. The molecule has 1 N–H and O–H groups in total. The summed E-state index contributed by atoms with van der Waals surface area (Å²) in [4.78, 5) is 17.1. The van der Waals surface area contributed by atoms with E-state index in [-0.39, 0.29) is 12.5 Å². The van der Waals surface area contributed by atoms with Gasteiger partial charge in [0.25, 0.3) is 0 Å². The van der Waals surface area contributed by atoms with Gasteiger partial charge in [-0.2, -0.15) is 9.61 Å². The minimum absolute atomic E-state index is 0.0167. The van der Waals surface area contributed by atoms with E-state index in [0.29, 0.717) is 19.7 Å². The standard InChI is InChI=1S/C13H16N4O3/c1-9-4-11-14-8-15-17(11)12(5-9)16-2-3-20-10(7-16)6-13(18)19/h4-5,8,10H,2-3,6-7H2,1H3,(H,18,19). The van der Waals surface area contributed by atoms with Gasteiger partial charge in [0.15, 0.2) is 5.65 Å². The first kappa shape index (κ1) is 12.9. The molecule has 1 aliphatic heterocycles. The number of nitrogens with zero attached hydrogens (tertiary/aromatic N) is 4. The smallest absolute Gasteiger partial charge is 0.306 e. The number of anilines is 1. The van der Waals surface area contributed by atoms with Gasteiger partial charge in [0, 0.05) is 13.1 Å². The van der Waals surface area contributed by atoms with Crippen LogP contribution in [0.2, 0.25) is 0 Å². The van der Waals surface area contributed by atoms with Gasteiger partial charge in [-0.05, 0) is 24.6 Å². The predicted molar refractivity (Wildman–Crippen MR) is 71.9 cm³/mol. The number of aliphatic carboxylic acids is 1. The lowest BCUT2D eigenvalue weighted by atomic mass is 10.2. The third-order valence-electron chi connectivity index (χ3n) is 3.37. The number of ether oxygens (including phenoxy) is 1. The normalized spacial score (nSPS) is 19.4. The first-order valence-corrected chi connectivity index (χ1v) is 6.52. The van der Waals surface area contributed by atoms with Gasteiger partial charge in [0.2, 0.25) is 0 Å². The van der Waals surface area contributed by atoms with Crippen LogP contribution in [0.5, 0.6) is 0 Å². The molecule has 0 bridgehead atoms. The number of carbonyl (C=O) groups is 1. The van der Waals surface area contributed by atoms with Gasteiger partial charge in [0.05, 0.1) is 19.1 Å². The van der Waals surface area contributed by atoms with Gasteiger partial charge in [0.1, 0.15) is 12.1 Å². The maximum atomic E-state index is 10.8. The summed E-state index contributed by atoms with van der Waals surface area (Å²) in [5.41, 5.74) is 1.89. The first-order valence-electron chi connectivity index (χ1n) is 6.52. The number of carboxylic acid groups (broad SMARTS) is 1. The van der Waals surface area contributed by atoms with Crippen LogP contribution in [0.1, 0.15) is 12.0 Å². The third-order valence-corrected chi connectivity index (χ3v) is 3.37. The SMILES string of the molecule is Cc1cc(N2CCOC(CC(=O)O)C2)n2ncnc2c1. The second-order valence-corrected chi connectivity index (χ2v) is 4.96. The monoisotopic (exact) mass is 276 g/mol. The van der Waals surface area contributed by atoms with E-state index in [1.165, 1.54) is 6.33 Å². The second kappa shape index (κ2) is 5.09. The van der Waals surface area contributed by atoms with Crippen LogP contribution >= 0.6 is 0 Å². The zero-order chi connectivity index (χ0) is 14.1. The van der Waals surface area contributed by atoms with Crippen molar-refractivity contribution >= 4 is 17.4 Å². The molecule has 2 aromatic heterocycles. The Kier molecular flexibility index (Phi) is 3.27. The van der Waals surface area contributed by atoms with Crippen LogP contribution < -0.4 is 4.90 Å². The molecule has 3 rings (SSSR count). The highest BCUT2D eigenvalue weighted by Crippen LogP contribution is 2.21. The summed E-state index contributed by atoms with van der Waals surface area (Å²) in [5, 5.41) is 13.1. The predicted octanol–water partition coefficient (Wildman–Crippen LogP) is 0.718. The number of hydrogen-bond donors (Lipinski definition) is 1. The molecule has 0 aromatic carbocycles. The lowest BCUT2D eigenvalue weighted by molar-refractivity contribution is -0.140. The van der Waals surface area contributed by atoms with Crippen molar-refractivity contribution in [3.05, 3.63) is 24.0 Å². The van der Waals surface area contributed by atoms with Crippen LogP contribution in [-0.2, 0) is 9.53 Å². The zero-order valence-electron chi connectivity index (χ0n) is 11.2. The van der Waals surface area contributed by atoms with Crippen molar-refractivity contribution in [3.8, 4) is 0 Å². The Bertz CT molecular complexity index is 640. The van der Waals surface area contributed by atoms with Crippen LogP contribution in [0.4, 0.5) is 5.82 Å². The Morgan fingerprint density at radius 1 is 1.55 bits per heavy atom. The molecule has 0 amide bonds. The Morgan fingerprint density at radius 3 is 3.20 bits per heavy atom. The van der Waals surface area contributed by atoms with E-state index < -0.39 is 5.97 Å². The summed E-state index contributed by atoms with van der Waals surface area (Å²) in [6, 6.07) is 4.00. The summed E-state index contributed by atoms with van der Waals surface area (Å²) >= 11 is 0. The quantitative estimate of drug-likeness (QED) is 0.889. The van der Waals surface area contributed by atoms with Crippen LogP contribution in [0, 0.1) is 6.92 Å². The van der Waals surface area contributed by atoms with E-state index in [9.17, 15) is 4.79 Å². The van der Waals surface area contributed by atoms with Gasteiger partial charge in [-0.1, -0.05) is 0 Å². The van der Waals surface area contributed by atoms with E-state index in [2.05, 4.69) is 15.0 Å². The van der Waals surface area contributed by atoms with E-state index in [1.54, 1.807) is 4.52 Å². The van der Waals surface area contributed by atoms with Crippen molar-refractivity contribution in [1.82, 2.24) is 14.6 Å². The topological polar surface area (TPSA) is 80.0 Å². The molecule has 0 aliphatic carbocycles. The van der Waals surface area contributed by atoms with Crippen molar-refractivity contribution in [1.29, 1.82) is 0 Å². The minimum Gasteiger partial charge on any atom is -0.481 e. The molecule has 1 aliphatic rings. The average molecular weight is 276 g/mol. The van der Waals surface area contributed by atoms with E-state index in [4.69, 9.17) is 9.84 Å². The number of fused-ring (bicyclic) bond motifs is 1. The molecule has 2 aromatic rings. The number of morpholine rings is 1. The number of rotatable bonds is 3. The molecule has 20 heavy (non-hydrogen) atoms. The van der Waals surface area contributed by atoms with Crippen LogP contribution in [0.3, 0.4) is 0 Å². The number of aryl methyl sites for hydroxylation is 1. The Labute approximate surface area is 115 Å². The molecule has 1 atom stereocenters. The molecule has 1 unspecified atom stereocenters. The molecule has 7 nitrogen and oxygen atoms in total. The highest BCUT2D eigenvalue weighted by atomic mass is 16.5. The summed E-state index contributed by atoms with van der Waals surface area (Å²) in [7, 11) is 0. The number of carboxylic acids is 1. The molecule has 0 radical (unpaired) electrons. The molecule has 1 fully saturated rings. The molecule has 0 saturated carbocycles. The lowest BCUT2D eigenvalue weighted by Crippen LogP contribution is -2.44. The van der Waals surface area contributed by atoms with Gasteiger partial charge >= 0.3 is 5.97 Å². The Morgan fingerprint density at radius 2 is 2.40 bits per heavy atom. The van der Waals surface area contributed by atoms with Gasteiger partial charge < -0.3 is 14.7 Å². The molecule has 0 spiro atoms. The van der Waals surface area contributed by atoms with E-state index >= 15 is 0 Å². The largest absolute Gasteiger partial charge is 0.481 e. The maximum absolute atomic E-state index is 10.8. The fraction of sp³-hybridized carbons (Fsp3) is 0.462. The molecule has 3 heterocycles. The number of hydrogen-bond acceptors (Lipinski definition) is 5. The van der Waals surface area contributed by atoms with Crippen molar-refractivity contribution in [2.45, 2.75) is 19.4 Å². The fourth-order valence-electron chi connectivity index (χ4n) is 2.51. The van der Waals surface area contributed by atoms with E-state index in [1.807, 2.05) is 19.1 Å². The minimum atomic E-state index is -0.841.